The van der Waals surface area contributed by atoms with Crippen molar-refractivity contribution in [1.29, 1.82) is 0 Å². The first-order valence-electron chi connectivity index (χ1n) is 7.10. The average Bonchev–Trinajstić information content (AvgIpc) is 2.33. The van der Waals surface area contributed by atoms with Crippen LogP contribution in [0.2, 0.25) is 0 Å². The van der Waals surface area contributed by atoms with Crippen LogP contribution in [-0.4, -0.2) is 23.9 Å². The molecule has 0 aromatic heterocycles. The number of carbonyl (C=O) groups is 2. The number of nitrogens with one attached hydrogen (secondary N) is 2. The predicted molar refractivity (Wildman–Crippen MR) is 83.9 cm³/mol. The number of hydrogen-bond donors (Lipinski definition) is 3. The topological polar surface area (TPSA) is 84.2 Å². The zero-order valence-electron chi connectivity index (χ0n) is 13.2. The molecule has 0 saturated carbocycles. The van der Waals surface area contributed by atoms with Gasteiger partial charge >= 0.3 is 0 Å². The first kappa shape index (κ1) is 17.2. The van der Waals surface area contributed by atoms with Crippen molar-refractivity contribution in [2.75, 3.05) is 6.54 Å². The fraction of sp³-hybridized carbons (Fsp3) is 0.500. The number of rotatable bonds is 6. The van der Waals surface area contributed by atoms with Gasteiger partial charge in [-0.15, -0.1) is 0 Å². The molecule has 0 atom stereocenters. The molecule has 5 nitrogen and oxygen atoms in total. The maximum atomic E-state index is 11.7. The minimum Gasteiger partial charge on any atom is -0.366 e. The highest BCUT2D eigenvalue weighted by molar-refractivity contribution is 5.93. The molecule has 0 aliphatic carbocycles. The number of benzene rings is 1. The Morgan fingerprint density at radius 2 is 1.90 bits per heavy atom. The van der Waals surface area contributed by atoms with Crippen LogP contribution in [0, 0.1) is 6.92 Å². The Bertz CT molecular complexity index is 519. The summed E-state index contributed by atoms with van der Waals surface area (Å²) in [6, 6.07) is 5.39. The van der Waals surface area contributed by atoms with Gasteiger partial charge in [0.1, 0.15) is 0 Å². The zero-order valence-corrected chi connectivity index (χ0v) is 13.2. The van der Waals surface area contributed by atoms with Gasteiger partial charge < -0.3 is 16.4 Å². The van der Waals surface area contributed by atoms with E-state index in [-0.39, 0.29) is 11.4 Å². The van der Waals surface area contributed by atoms with Crippen LogP contribution < -0.4 is 16.4 Å². The van der Waals surface area contributed by atoms with Crippen molar-refractivity contribution in [2.24, 2.45) is 5.73 Å². The van der Waals surface area contributed by atoms with Crippen molar-refractivity contribution < 1.29 is 9.59 Å². The number of nitrogens with two attached hydrogens (primary N) is 1. The summed E-state index contributed by atoms with van der Waals surface area (Å²) in [6.45, 7) is 9.09. The van der Waals surface area contributed by atoms with Gasteiger partial charge in [-0.25, -0.2) is 0 Å². The molecule has 0 radical (unpaired) electrons. The first-order valence-corrected chi connectivity index (χ1v) is 7.10. The van der Waals surface area contributed by atoms with E-state index in [0.29, 0.717) is 25.1 Å². The van der Waals surface area contributed by atoms with E-state index < -0.39 is 5.91 Å². The second-order valence-corrected chi connectivity index (χ2v) is 6.23. The van der Waals surface area contributed by atoms with Crippen LogP contribution in [0.4, 0.5) is 0 Å². The van der Waals surface area contributed by atoms with Crippen LogP contribution in [0.1, 0.15) is 48.7 Å². The normalized spacial score (nSPS) is 11.2. The Balaban J connectivity index is 2.40. The predicted octanol–water partition coefficient (Wildman–Crippen LogP) is 1.49. The minimum atomic E-state index is -0.420. The number of aryl methyl sites for hydroxylation is 1. The fourth-order valence-corrected chi connectivity index (χ4v) is 1.95. The van der Waals surface area contributed by atoms with Crippen LogP contribution in [0.15, 0.2) is 18.2 Å². The molecule has 0 spiro atoms. The van der Waals surface area contributed by atoms with Gasteiger partial charge in [-0.1, -0.05) is 6.07 Å². The van der Waals surface area contributed by atoms with Crippen LogP contribution in [0.3, 0.4) is 0 Å². The van der Waals surface area contributed by atoms with E-state index in [9.17, 15) is 9.59 Å². The smallest absolute Gasteiger partial charge is 0.248 e. The molecule has 0 fully saturated rings. The van der Waals surface area contributed by atoms with Crippen LogP contribution in [0.5, 0.6) is 0 Å². The molecular formula is C16H25N3O2. The molecule has 5 heteroatoms. The summed E-state index contributed by atoms with van der Waals surface area (Å²) < 4.78 is 0. The molecule has 0 saturated heterocycles. The maximum absolute atomic E-state index is 11.7. The van der Waals surface area contributed by atoms with E-state index in [1.54, 1.807) is 12.1 Å². The van der Waals surface area contributed by atoms with Gasteiger partial charge in [-0.3, -0.25) is 9.59 Å². The molecular weight excluding hydrogens is 266 g/mol. The number of primary amides is 1. The van der Waals surface area contributed by atoms with Crippen LogP contribution in [-0.2, 0) is 11.3 Å². The highest BCUT2D eigenvalue weighted by atomic mass is 16.2. The van der Waals surface area contributed by atoms with E-state index in [1.165, 1.54) is 0 Å². The van der Waals surface area contributed by atoms with Crippen molar-refractivity contribution in [2.45, 2.75) is 46.2 Å². The number of carbonyl (C=O) groups excluding carboxylic acids is 2. The molecule has 0 heterocycles. The van der Waals surface area contributed by atoms with Crippen LogP contribution >= 0.6 is 0 Å². The third-order valence-electron chi connectivity index (χ3n) is 2.99. The lowest BCUT2D eigenvalue weighted by molar-refractivity contribution is -0.122. The molecule has 1 aromatic rings. The average molecular weight is 291 g/mol. The Morgan fingerprint density at radius 1 is 1.24 bits per heavy atom. The molecule has 2 amide bonds. The molecule has 116 valence electrons. The standard InChI is InChI=1S/C16H25N3O2/c1-11-9-12(15(17)21)5-6-13(11)10-18-8-7-14(20)19-16(2,3)4/h5-6,9,18H,7-8,10H2,1-4H3,(H2,17,21)(H,19,20). The van der Waals surface area contributed by atoms with Gasteiger partial charge in [0.15, 0.2) is 0 Å². The highest BCUT2D eigenvalue weighted by Gasteiger charge is 2.12. The molecule has 1 aromatic carbocycles. The van der Waals surface area contributed by atoms with Gasteiger partial charge in [-0.05, 0) is 51.0 Å². The van der Waals surface area contributed by atoms with E-state index in [2.05, 4.69) is 10.6 Å². The quantitative estimate of drug-likeness (QED) is 0.694. The first-order chi connectivity index (χ1) is 9.69. The van der Waals surface area contributed by atoms with Crippen molar-refractivity contribution in [3.05, 3.63) is 34.9 Å². The lowest BCUT2D eigenvalue weighted by Crippen LogP contribution is -2.41. The van der Waals surface area contributed by atoms with E-state index in [4.69, 9.17) is 5.73 Å². The monoisotopic (exact) mass is 291 g/mol. The Kier molecular flexibility index (Phi) is 5.90. The van der Waals surface area contributed by atoms with Crippen molar-refractivity contribution in [3.63, 3.8) is 0 Å². The Labute approximate surface area is 126 Å². The summed E-state index contributed by atoms with van der Waals surface area (Å²) in [5.74, 6) is -0.382. The Morgan fingerprint density at radius 3 is 2.43 bits per heavy atom. The summed E-state index contributed by atoms with van der Waals surface area (Å²) in [5.41, 5.74) is 7.66. The van der Waals surface area contributed by atoms with E-state index in [0.717, 1.165) is 11.1 Å². The lowest BCUT2D eigenvalue weighted by Gasteiger charge is -2.20. The second-order valence-electron chi connectivity index (χ2n) is 6.23. The molecule has 0 bridgehead atoms. The van der Waals surface area contributed by atoms with Crippen LogP contribution in [0.25, 0.3) is 0 Å². The van der Waals surface area contributed by atoms with Gasteiger partial charge in [0.05, 0.1) is 0 Å². The molecule has 0 aliphatic rings. The SMILES string of the molecule is Cc1cc(C(N)=O)ccc1CNCCC(=O)NC(C)(C)C. The second kappa shape index (κ2) is 7.22. The van der Waals surface area contributed by atoms with Gasteiger partial charge in [0.25, 0.3) is 0 Å². The maximum Gasteiger partial charge on any atom is 0.248 e. The third-order valence-corrected chi connectivity index (χ3v) is 2.99. The minimum absolute atomic E-state index is 0.0378. The lowest BCUT2D eigenvalue weighted by atomic mass is 10.0. The van der Waals surface area contributed by atoms with Crippen molar-refractivity contribution in [1.82, 2.24) is 10.6 Å². The molecule has 21 heavy (non-hydrogen) atoms. The van der Waals surface area contributed by atoms with E-state index >= 15 is 0 Å². The highest BCUT2D eigenvalue weighted by Crippen LogP contribution is 2.10. The molecule has 0 aliphatic heterocycles. The number of hydrogen-bond acceptors (Lipinski definition) is 3. The van der Waals surface area contributed by atoms with Gasteiger partial charge in [0.2, 0.25) is 11.8 Å². The Hall–Kier alpha value is -1.88. The zero-order chi connectivity index (χ0) is 16.0. The molecule has 0 unspecified atom stereocenters. The summed E-state index contributed by atoms with van der Waals surface area (Å²) in [6.07, 6.45) is 0.440. The molecule has 1 rings (SSSR count). The summed E-state index contributed by atoms with van der Waals surface area (Å²) in [5, 5.41) is 6.15. The van der Waals surface area contributed by atoms with Crippen molar-refractivity contribution in [3.8, 4) is 0 Å². The summed E-state index contributed by atoms with van der Waals surface area (Å²) >= 11 is 0. The number of amides is 2. The summed E-state index contributed by atoms with van der Waals surface area (Å²) in [7, 11) is 0. The third kappa shape index (κ3) is 6.40. The van der Waals surface area contributed by atoms with Gasteiger partial charge in [0, 0.05) is 30.6 Å². The fourth-order valence-electron chi connectivity index (χ4n) is 1.95. The van der Waals surface area contributed by atoms with E-state index in [1.807, 2.05) is 33.8 Å². The molecule has 4 N–H and O–H groups in total. The summed E-state index contributed by atoms with van der Waals surface area (Å²) in [4.78, 5) is 22.7. The van der Waals surface area contributed by atoms with Gasteiger partial charge in [-0.2, -0.15) is 0 Å². The largest absolute Gasteiger partial charge is 0.366 e. The van der Waals surface area contributed by atoms with Crippen molar-refractivity contribution >= 4 is 11.8 Å².